The lowest BCUT2D eigenvalue weighted by molar-refractivity contribution is 0.166. The average molecular weight is 258 g/mol. The van der Waals surface area contributed by atoms with Crippen molar-refractivity contribution in [2.24, 2.45) is 5.92 Å². The number of likely N-dealkylation sites (tertiary alicyclic amines) is 1. The first kappa shape index (κ1) is 15.3. The molecule has 1 aliphatic heterocycles. The van der Waals surface area contributed by atoms with Crippen LogP contribution >= 0.6 is 0 Å². The van der Waals surface area contributed by atoms with Crippen LogP contribution in [-0.4, -0.2) is 44.8 Å². The Labute approximate surface area is 109 Å². The number of hydrogen-bond acceptors (Lipinski definition) is 2. The van der Waals surface area contributed by atoms with Crippen molar-refractivity contribution in [2.75, 3.05) is 33.9 Å². The molecule has 1 saturated heterocycles. The van der Waals surface area contributed by atoms with E-state index in [1.54, 1.807) is 0 Å². The Morgan fingerprint density at radius 2 is 2.22 bits per heavy atom. The number of likely N-dealkylation sites (N-methyl/N-ethyl adjacent to an activating group) is 2. The maximum atomic E-state index is 13.4. The highest BCUT2D eigenvalue weighted by molar-refractivity contribution is 5.07. The highest BCUT2D eigenvalue weighted by atomic mass is 19.1. The third-order valence-electron chi connectivity index (χ3n) is 3.42. The third-order valence-corrected chi connectivity index (χ3v) is 3.42. The van der Waals surface area contributed by atoms with E-state index in [4.69, 9.17) is 0 Å². The molecule has 0 spiro atoms. The lowest BCUT2D eigenvalue weighted by atomic mass is 9.90. The van der Waals surface area contributed by atoms with Crippen LogP contribution in [0.5, 0.6) is 0 Å². The number of nitrogens with one attached hydrogen (secondary N) is 1. The Morgan fingerprint density at radius 3 is 2.89 bits per heavy atom. The fraction of sp³-hybridized carbons (Fsp3) is 0.714. The lowest BCUT2D eigenvalue weighted by Gasteiger charge is -2.35. The standard InChI is InChI=1S/C14H24F2N2/c1-17-14-9-12(10-18(2)11-14)6-7-13(16)5-3-4-8-15/h3-5,12,14,17H,6-11H2,1-2H3/b4-3-,13-5+. The molecule has 0 aliphatic carbocycles. The summed E-state index contributed by atoms with van der Waals surface area (Å²) < 4.78 is 25.2. The van der Waals surface area contributed by atoms with E-state index in [0.717, 1.165) is 25.9 Å². The zero-order chi connectivity index (χ0) is 13.4. The van der Waals surface area contributed by atoms with Gasteiger partial charge in [-0.25, -0.2) is 8.78 Å². The van der Waals surface area contributed by atoms with Gasteiger partial charge in [0.05, 0.1) is 5.83 Å². The van der Waals surface area contributed by atoms with Gasteiger partial charge >= 0.3 is 0 Å². The largest absolute Gasteiger partial charge is 0.316 e. The van der Waals surface area contributed by atoms with Gasteiger partial charge in [0.2, 0.25) is 0 Å². The molecule has 1 fully saturated rings. The smallest absolute Gasteiger partial charge is 0.108 e. The zero-order valence-corrected chi connectivity index (χ0v) is 11.3. The van der Waals surface area contributed by atoms with E-state index < -0.39 is 6.67 Å². The molecule has 18 heavy (non-hydrogen) atoms. The molecule has 4 heteroatoms. The van der Waals surface area contributed by atoms with Crippen molar-refractivity contribution in [3.8, 4) is 0 Å². The Hall–Kier alpha value is -0.740. The Bertz CT molecular complexity index is 290. The minimum absolute atomic E-state index is 0.158. The van der Waals surface area contributed by atoms with Gasteiger partial charge in [-0.3, -0.25) is 0 Å². The van der Waals surface area contributed by atoms with Crippen LogP contribution in [0.2, 0.25) is 0 Å². The summed E-state index contributed by atoms with van der Waals surface area (Å²) in [4.78, 5) is 2.29. The van der Waals surface area contributed by atoms with Crippen LogP contribution in [0.1, 0.15) is 19.3 Å². The number of piperidine rings is 1. The van der Waals surface area contributed by atoms with Gasteiger partial charge in [0, 0.05) is 19.1 Å². The second-order valence-corrected chi connectivity index (χ2v) is 5.04. The van der Waals surface area contributed by atoms with Gasteiger partial charge in [0.25, 0.3) is 0 Å². The van der Waals surface area contributed by atoms with Gasteiger partial charge in [0.15, 0.2) is 0 Å². The first-order valence-electron chi connectivity index (χ1n) is 6.58. The van der Waals surface area contributed by atoms with E-state index in [1.807, 2.05) is 7.05 Å². The summed E-state index contributed by atoms with van der Waals surface area (Å²) in [6, 6.07) is 0.507. The minimum atomic E-state index is -0.541. The molecule has 1 aliphatic rings. The van der Waals surface area contributed by atoms with E-state index >= 15 is 0 Å². The monoisotopic (exact) mass is 258 g/mol. The highest BCUT2D eigenvalue weighted by Crippen LogP contribution is 2.22. The molecule has 2 nitrogen and oxygen atoms in total. The van der Waals surface area contributed by atoms with Gasteiger partial charge < -0.3 is 10.2 Å². The molecule has 1 N–H and O–H groups in total. The predicted molar refractivity (Wildman–Crippen MR) is 72.0 cm³/mol. The number of allylic oxidation sites excluding steroid dienone is 4. The molecule has 104 valence electrons. The van der Waals surface area contributed by atoms with E-state index in [1.165, 1.54) is 18.2 Å². The molecule has 0 saturated carbocycles. The van der Waals surface area contributed by atoms with Crippen molar-refractivity contribution in [1.82, 2.24) is 10.2 Å². The molecule has 0 radical (unpaired) electrons. The fourth-order valence-electron chi connectivity index (χ4n) is 2.51. The van der Waals surface area contributed by atoms with Crippen molar-refractivity contribution in [3.05, 3.63) is 24.1 Å². The molecule has 0 aromatic carbocycles. The molecule has 1 heterocycles. The molecule has 0 aromatic rings. The number of hydrogen-bond donors (Lipinski definition) is 1. The second kappa shape index (κ2) is 8.38. The summed E-state index contributed by atoms with van der Waals surface area (Å²) in [5, 5.41) is 3.29. The van der Waals surface area contributed by atoms with Crippen LogP contribution < -0.4 is 5.32 Å². The first-order chi connectivity index (χ1) is 8.65. The highest BCUT2D eigenvalue weighted by Gasteiger charge is 2.23. The molecular formula is C14H24F2N2. The average Bonchev–Trinajstić information content (AvgIpc) is 2.36. The summed E-state index contributed by atoms with van der Waals surface area (Å²) >= 11 is 0. The van der Waals surface area contributed by atoms with Crippen molar-refractivity contribution in [3.63, 3.8) is 0 Å². The summed E-state index contributed by atoms with van der Waals surface area (Å²) in [7, 11) is 4.08. The van der Waals surface area contributed by atoms with E-state index in [0.29, 0.717) is 18.4 Å². The molecule has 2 atom stereocenters. The quantitative estimate of drug-likeness (QED) is 0.737. The topological polar surface area (TPSA) is 15.3 Å². The summed E-state index contributed by atoms with van der Waals surface area (Å²) in [6.45, 7) is 1.55. The number of halogens is 2. The van der Waals surface area contributed by atoms with Gasteiger partial charge in [-0.05, 0) is 45.4 Å². The summed E-state index contributed by atoms with van der Waals surface area (Å²) in [5.41, 5.74) is 0. The van der Waals surface area contributed by atoms with Crippen molar-refractivity contribution in [2.45, 2.75) is 25.3 Å². The van der Waals surface area contributed by atoms with E-state index in [9.17, 15) is 8.78 Å². The third kappa shape index (κ3) is 5.74. The number of rotatable bonds is 6. The SMILES string of the molecule is CNC1CC(CC/C(F)=C\C=C/CF)CN(C)C1. The zero-order valence-electron chi connectivity index (χ0n) is 11.3. The van der Waals surface area contributed by atoms with Crippen molar-refractivity contribution in [1.29, 1.82) is 0 Å². The molecule has 0 amide bonds. The maximum Gasteiger partial charge on any atom is 0.108 e. The van der Waals surface area contributed by atoms with Crippen LogP contribution in [0.4, 0.5) is 8.78 Å². The number of alkyl halides is 1. The summed E-state index contributed by atoms with van der Waals surface area (Å²) in [5.74, 6) is 0.374. The fourth-order valence-corrected chi connectivity index (χ4v) is 2.51. The molecular weight excluding hydrogens is 234 g/mol. The second-order valence-electron chi connectivity index (χ2n) is 5.04. The van der Waals surface area contributed by atoms with Crippen molar-refractivity contribution >= 4 is 0 Å². The Kier molecular flexibility index (Phi) is 7.13. The van der Waals surface area contributed by atoms with E-state index in [2.05, 4.69) is 17.3 Å². The maximum absolute atomic E-state index is 13.4. The van der Waals surface area contributed by atoms with Crippen LogP contribution in [0.15, 0.2) is 24.1 Å². The lowest BCUT2D eigenvalue weighted by Crippen LogP contribution is -2.46. The molecule has 1 rings (SSSR count). The Morgan fingerprint density at radius 1 is 1.44 bits per heavy atom. The van der Waals surface area contributed by atoms with Gasteiger partial charge in [-0.2, -0.15) is 0 Å². The van der Waals surface area contributed by atoms with Gasteiger partial charge in [-0.1, -0.05) is 12.2 Å². The Balaban J connectivity index is 2.33. The van der Waals surface area contributed by atoms with Crippen LogP contribution in [0, 0.1) is 5.92 Å². The molecule has 2 unspecified atom stereocenters. The van der Waals surface area contributed by atoms with Crippen LogP contribution in [0.25, 0.3) is 0 Å². The molecule has 0 aromatic heterocycles. The van der Waals surface area contributed by atoms with E-state index in [-0.39, 0.29) is 5.83 Å². The van der Waals surface area contributed by atoms with Gasteiger partial charge in [0.1, 0.15) is 6.67 Å². The first-order valence-corrected chi connectivity index (χ1v) is 6.58. The minimum Gasteiger partial charge on any atom is -0.316 e. The molecule has 0 bridgehead atoms. The summed E-state index contributed by atoms with van der Waals surface area (Å²) in [6.07, 6.45) is 6.53. The van der Waals surface area contributed by atoms with Crippen LogP contribution in [0.3, 0.4) is 0 Å². The normalized spacial score (nSPS) is 27.0. The number of nitrogens with zero attached hydrogens (tertiary/aromatic N) is 1. The van der Waals surface area contributed by atoms with Crippen LogP contribution in [-0.2, 0) is 0 Å². The predicted octanol–water partition coefficient (Wildman–Crippen LogP) is 2.69. The van der Waals surface area contributed by atoms with Gasteiger partial charge in [-0.15, -0.1) is 0 Å². The van der Waals surface area contributed by atoms with Crippen molar-refractivity contribution < 1.29 is 8.78 Å².